The molecule has 2 unspecified atom stereocenters. The van der Waals surface area contributed by atoms with Crippen LogP contribution in [0.2, 0.25) is 0 Å². The van der Waals surface area contributed by atoms with Crippen LogP contribution in [0.5, 0.6) is 0 Å². The second-order valence-electron chi connectivity index (χ2n) is 4.66. The smallest absolute Gasteiger partial charge is 0.169 e. The minimum atomic E-state index is 0.205. The van der Waals surface area contributed by atoms with Gasteiger partial charge in [0.05, 0.1) is 18.8 Å². The van der Waals surface area contributed by atoms with Gasteiger partial charge >= 0.3 is 0 Å². The number of hydrogen-bond acceptors (Lipinski definition) is 4. The topological polar surface area (TPSA) is 37.6 Å². The summed E-state index contributed by atoms with van der Waals surface area (Å²) in [6.07, 6.45) is 0.277. The van der Waals surface area contributed by atoms with Gasteiger partial charge in [0.25, 0.3) is 0 Å². The van der Waals surface area contributed by atoms with Crippen LogP contribution in [0.15, 0.2) is 21.2 Å². The maximum absolute atomic E-state index is 5.76. The van der Waals surface area contributed by atoms with E-state index in [4.69, 9.17) is 9.15 Å². The van der Waals surface area contributed by atoms with E-state index < -0.39 is 0 Å². The second kappa shape index (κ2) is 6.70. The minimum absolute atomic E-state index is 0.205. The first-order chi connectivity index (χ1) is 8.69. The van der Waals surface area contributed by atoms with Gasteiger partial charge in [0, 0.05) is 19.6 Å². The van der Waals surface area contributed by atoms with Crippen LogP contribution < -0.4 is 5.32 Å². The van der Waals surface area contributed by atoms with Crippen molar-refractivity contribution < 1.29 is 9.15 Å². The van der Waals surface area contributed by atoms with E-state index in [0.717, 1.165) is 43.2 Å². The number of nitrogens with one attached hydrogen (secondary N) is 1. The molecule has 0 spiro atoms. The summed E-state index contributed by atoms with van der Waals surface area (Å²) in [4.78, 5) is 2.42. The maximum Gasteiger partial charge on any atom is 0.169 e. The van der Waals surface area contributed by atoms with Gasteiger partial charge in [0.2, 0.25) is 0 Å². The fourth-order valence-electron chi connectivity index (χ4n) is 2.16. The molecule has 5 heteroatoms. The van der Waals surface area contributed by atoms with E-state index in [0.29, 0.717) is 0 Å². The Bertz CT molecular complexity index is 370. The molecular weight excluding hydrogens is 296 g/mol. The molecule has 0 aromatic carbocycles. The lowest BCUT2D eigenvalue weighted by atomic mass is 10.2. The van der Waals surface area contributed by atoms with Gasteiger partial charge in [-0.05, 0) is 41.5 Å². The highest BCUT2D eigenvalue weighted by atomic mass is 79.9. The monoisotopic (exact) mass is 316 g/mol. The van der Waals surface area contributed by atoms with E-state index in [1.54, 1.807) is 0 Å². The Hall–Kier alpha value is -0.360. The first-order valence-electron chi connectivity index (χ1n) is 6.51. The van der Waals surface area contributed by atoms with Crippen molar-refractivity contribution in [1.29, 1.82) is 0 Å². The lowest BCUT2D eigenvalue weighted by Crippen LogP contribution is -2.46. The van der Waals surface area contributed by atoms with Crippen LogP contribution in [-0.4, -0.2) is 43.8 Å². The SMILES string of the molecule is CCN1CCOC(CNC(C)c2ccc(Br)o2)C1. The summed E-state index contributed by atoms with van der Waals surface area (Å²) in [5.74, 6) is 0.949. The molecule has 0 amide bonds. The van der Waals surface area contributed by atoms with Crippen molar-refractivity contribution in [3.63, 3.8) is 0 Å². The van der Waals surface area contributed by atoms with Gasteiger partial charge in [-0.15, -0.1) is 0 Å². The van der Waals surface area contributed by atoms with Crippen LogP contribution in [0, 0.1) is 0 Å². The average molecular weight is 317 g/mol. The lowest BCUT2D eigenvalue weighted by Gasteiger charge is -2.32. The molecule has 1 fully saturated rings. The molecule has 1 N–H and O–H groups in total. The zero-order valence-corrected chi connectivity index (χ0v) is 12.6. The molecule has 2 heterocycles. The zero-order chi connectivity index (χ0) is 13.0. The molecule has 0 radical (unpaired) electrons. The molecule has 1 aliphatic heterocycles. The van der Waals surface area contributed by atoms with Gasteiger partial charge < -0.3 is 14.5 Å². The summed E-state index contributed by atoms with van der Waals surface area (Å²) in [5, 5.41) is 3.46. The third kappa shape index (κ3) is 3.82. The Morgan fingerprint density at radius 1 is 1.56 bits per heavy atom. The molecule has 18 heavy (non-hydrogen) atoms. The Morgan fingerprint density at radius 3 is 3.06 bits per heavy atom. The van der Waals surface area contributed by atoms with Crippen molar-refractivity contribution in [2.24, 2.45) is 0 Å². The largest absolute Gasteiger partial charge is 0.453 e. The summed E-state index contributed by atoms with van der Waals surface area (Å²) in [6.45, 7) is 9.15. The molecule has 0 aliphatic carbocycles. The fourth-order valence-corrected chi connectivity index (χ4v) is 2.48. The van der Waals surface area contributed by atoms with Crippen molar-refractivity contribution >= 4 is 15.9 Å². The molecule has 0 saturated carbocycles. The highest BCUT2D eigenvalue weighted by Crippen LogP contribution is 2.20. The number of likely N-dealkylation sites (N-methyl/N-ethyl adjacent to an activating group) is 1. The molecule has 102 valence electrons. The van der Waals surface area contributed by atoms with Crippen molar-refractivity contribution in [3.8, 4) is 0 Å². The molecular formula is C13H21BrN2O2. The normalized spacial score (nSPS) is 23.2. The van der Waals surface area contributed by atoms with Gasteiger partial charge in [-0.2, -0.15) is 0 Å². The van der Waals surface area contributed by atoms with Gasteiger partial charge in [0.1, 0.15) is 5.76 Å². The average Bonchev–Trinajstić information content (AvgIpc) is 2.83. The van der Waals surface area contributed by atoms with E-state index in [-0.39, 0.29) is 12.1 Å². The Kier molecular flexibility index (Phi) is 5.24. The van der Waals surface area contributed by atoms with E-state index in [2.05, 4.69) is 40.0 Å². The van der Waals surface area contributed by atoms with Gasteiger partial charge in [-0.3, -0.25) is 4.90 Å². The summed E-state index contributed by atoms with van der Waals surface area (Å²) in [6, 6.07) is 4.11. The van der Waals surface area contributed by atoms with E-state index in [1.807, 2.05) is 12.1 Å². The number of furan rings is 1. The van der Waals surface area contributed by atoms with Crippen LogP contribution in [-0.2, 0) is 4.74 Å². The lowest BCUT2D eigenvalue weighted by molar-refractivity contribution is -0.0264. The summed E-state index contributed by atoms with van der Waals surface area (Å²) < 4.78 is 12.1. The van der Waals surface area contributed by atoms with Gasteiger partial charge in [0.15, 0.2) is 4.67 Å². The molecule has 0 bridgehead atoms. The molecule has 1 saturated heterocycles. The number of morpholine rings is 1. The molecule has 1 aromatic heterocycles. The third-order valence-corrected chi connectivity index (χ3v) is 3.77. The fraction of sp³-hybridized carbons (Fsp3) is 0.692. The molecule has 1 aliphatic rings. The van der Waals surface area contributed by atoms with Crippen molar-refractivity contribution in [2.45, 2.75) is 26.0 Å². The van der Waals surface area contributed by atoms with Crippen LogP contribution in [0.25, 0.3) is 0 Å². The van der Waals surface area contributed by atoms with E-state index in [9.17, 15) is 0 Å². The zero-order valence-electron chi connectivity index (χ0n) is 11.0. The second-order valence-corrected chi connectivity index (χ2v) is 5.44. The first kappa shape index (κ1) is 14.1. The van der Waals surface area contributed by atoms with Crippen molar-refractivity contribution in [1.82, 2.24) is 10.2 Å². The predicted molar refractivity (Wildman–Crippen MR) is 74.7 cm³/mol. The number of nitrogens with zero attached hydrogens (tertiary/aromatic N) is 1. The summed E-state index contributed by atoms with van der Waals surface area (Å²) >= 11 is 3.32. The van der Waals surface area contributed by atoms with Crippen LogP contribution in [0.3, 0.4) is 0 Å². The third-order valence-electron chi connectivity index (χ3n) is 3.34. The number of halogens is 1. The number of ether oxygens (including phenoxy) is 1. The van der Waals surface area contributed by atoms with Crippen molar-refractivity contribution in [3.05, 3.63) is 22.6 Å². The minimum Gasteiger partial charge on any atom is -0.453 e. The molecule has 2 atom stereocenters. The summed E-state index contributed by atoms with van der Waals surface area (Å²) in [5.41, 5.74) is 0. The van der Waals surface area contributed by atoms with E-state index in [1.165, 1.54) is 0 Å². The Morgan fingerprint density at radius 2 is 2.39 bits per heavy atom. The van der Waals surface area contributed by atoms with E-state index >= 15 is 0 Å². The quantitative estimate of drug-likeness (QED) is 0.905. The van der Waals surface area contributed by atoms with Gasteiger partial charge in [-0.25, -0.2) is 0 Å². The van der Waals surface area contributed by atoms with Crippen LogP contribution in [0.1, 0.15) is 25.6 Å². The maximum atomic E-state index is 5.76. The highest BCUT2D eigenvalue weighted by molar-refractivity contribution is 9.10. The Labute approximate surface area is 117 Å². The first-order valence-corrected chi connectivity index (χ1v) is 7.31. The van der Waals surface area contributed by atoms with Crippen LogP contribution >= 0.6 is 15.9 Å². The van der Waals surface area contributed by atoms with Crippen LogP contribution in [0.4, 0.5) is 0 Å². The molecule has 1 aromatic rings. The predicted octanol–water partition coefficient (Wildman–Crippen LogP) is 2.41. The summed E-state index contributed by atoms with van der Waals surface area (Å²) in [7, 11) is 0. The number of rotatable bonds is 5. The molecule has 2 rings (SSSR count). The van der Waals surface area contributed by atoms with Gasteiger partial charge in [-0.1, -0.05) is 6.92 Å². The molecule has 4 nitrogen and oxygen atoms in total. The standard InChI is InChI=1S/C13H21BrN2O2/c1-3-16-6-7-17-11(9-16)8-15-10(2)12-4-5-13(14)18-12/h4-5,10-11,15H,3,6-9H2,1-2H3. The Balaban J connectivity index is 1.77. The number of hydrogen-bond donors (Lipinski definition) is 1. The highest BCUT2D eigenvalue weighted by Gasteiger charge is 2.20. The van der Waals surface area contributed by atoms with Crippen molar-refractivity contribution in [2.75, 3.05) is 32.8 Å².